The Kier molecular flexibility index (Phi) is 7.07. The van der Waals surface area contributed by atoms with Crippen molar-refractivity contribution in [1.82, 2.24) is 4.98 Å². The summed E-state index contributed by atoms with van der Waals surface area (Å²) in [6.07, 6.45) is 1.76. The van der Waals surface area contributed by atoms with Gasteiger partial charge >= 0.3 is 0 Å². The van der Waals surface area contributed by atoms with Crippen molar-refractivity contribution in [1.29, 1.82) is 0 Å². The Hall–Kier alpha value is -5.06. The number of aromatic nitrogens is 1. The number of para-hydroxylation sites is 1. The molecule has 0 radical (unpaired) electrons. The van der Waals surface area contributed by atoms with Crippen LogP contribution in [0, 0.1) is 0 Å². The molecule has 0 aliphatic carbocycles. The van der Waals surface area contributed by atoms with Crippen LogP contribution < -0.4 is 0 Å². The van der Waals surface area contributed by atoms with Gasteiger partial charge in [-0.1, -0.05) is 112 Å². The summed E-state index contributed by atoms with van der Waals surface area (Å²) in [5, 5.41) is 13.9. The largest absolute Gasteiger partial charge is 0.507 e. The van der Waals surface area contributed by atoms with Crippen molar-refractivity contribution in [2.75, 3.05) is 0 Å². The van der Waals surface area contributed by atoms with Crippen molar-refractivity contribution in [2.24, 2.45) is 4.99 Å². The van der Waals surface area contributed by atoms with Gasteiger partial charge in [0.05, 0.1) is 15.9 Å². The molecule has 0 amide bonds. The van der Waals surface area contributed by atoms with Gasteiger partial charge < -0.3 is 5.11 Å². The van der Waals surface area contributed by atoms with Crippen molar-refractivity contribution >= 4 is 44.2 Å². The molecule has 0 aliphatic heterocycles. The molecule has 0 saturated heterocycles. The highest BCUT2D eigenvalue weighted by Gasteiger charge is 2.18. The molecule has 44 heavy (non-hydrogen) atoms. The molecule has 1 aromatic heterocycles. The number of fused-ring (bicyclic) bond motifs is 2. The molecule has 7 rings (SSSR count). The molecule has 3 nitrogen and oxygen atoms in total. The van der Waals surface area contributed by atoms with Crippen LogP contribution in [-0.2, 0) is 5.41 Å². The monoisotopic (exact) mass is 588 g/mol. The minimum Gasteiger partial charge on any atom is -0.507 e. The Morgan fingerprint density at radius 2 is 1.41 bits per heavy atom. The van der Waals surface area contributed by atoms with Gasteiger partial charge in [0.15, 0.2) is 0 Å². The molecular formula is C40H32N2OS. The summed E-state index contributed by atoms with van der Waals surface area (Å²) >= 11 is 1.68. The number of benzene rings is 6. The predicted octanol–water partition coefficient (Wildman–Crippen LogP) is 11.2. The van der Waals surface area contributed by atoms with Gasteiger partial charge in [0.2, 0.25) is 0 Å². The molecule has 0 saturated carbocycles. The average molecular weight is 589 g/mol. The van der Waals surface area contributed by atoms with E-state index in [4.69, 9.17) is 9.98 Å². The van der Waals surface area contributed by atoms with Gasteiger partial charge in [0, 0.05) is 22.9 Å². The second kappa shape index (κ2) is 11.2. The van der Waals surface area contributed by atoms with E-state index in [0.717, 1.165) is 43.2 Å². The summed E-state index contributed by atoms with van der Waals surface area (Å²) in [4.78, 5) is 10.2. The molecule has 0 spiro atoms. The third kappa shape index (κ3) is 5.29. The van der Waals surface area contributed by atoms with E-state index in [2.05, 4.69) is 112 Å². The molecule has 7 aromatic rings. The molecule has 0 bridgehead atoms. The second-order valence-electron chi connectivity index (χ2n) is 12.1. The van der Waals surface area contributed by atoms with Crippen molar-refractivity contribution < 1.29 is 5.11 Å². The Balaban J connectivity index is 1.39. The predicted molar refractivity (Wildman–Crippen MR) is 187 cm³/mol. The number of aliphatic imine (C=N–C) groups is 1. The fourth-order valence-electron chi connectivity index (χ4n) is 5.64. The Morgan fingerprint density at radius 1 is 0.682 bits per heavy atom. The van der Waals surface area contributed by atoms with E-state index in [9.17, 15) is 5.11 Å². The van der Waals surface area contributed by atoms with Crippen LogP contribution in [0.5, 0.6) is 5.75 Å². The quantitative estimate of drug-likeness (QED) is 0.203. The zero-order chi connectivity index (χ0) is 30.3. The first-order valence-electron chi connectivity index (χ1n) is 14.8. The van der Waals surface area contributed by atoms with Crippen molar-refractivity contribution in [2.45, 2.75) is 26.2 Å². The third-order valence-electron chi connectivity index (χ3n) is 8.05. The van der Waals surface area contributed by atoms with E-state index < -0.39 is 0 Å². The van der Waals surface area contributed by atoms with E-state index in [-0.39, 0.29) is 11.2 Å². The topological polar surface area (TPSA) is 45.5 Å². The molecule has 6 aromatic carbocycles. The van der Waals surface area contributed by atoms with Gasteiger partial charge in [-0.25, -0.2) is 4.98 Å². The van der Waals surface area contributed by atoms with Crippen LogP contribution in [-0.4, -0.2) is 16.3 Å². The first-order chi connectivity index (χ1) is 21.3. The lowest BCUT2D eigenvalue weighted by Gasteiger charge is -2.19. The molecular weight excluding hydrogens is 557 g/mol. The summed E-state index contributed by atoms with van der Waals surface area (Å²) in [5.41, 5.74) is 9.18. The fourth-order valence-corrected chi connectivity index (χ4v) is 6.70. The highest BCUT2D eigenvalue weighted by Crippen LogP contribution is 2.43. The number of phenolic OH excluding ortho intramolecular Hbond substituents is 1. The second-order valence-corrected chi connectivity index (χ2v) is 13.1. The van der Waals surface area contributed by atoms with E-state index in [1.165, 1.54) is 21.9 Å². The number of hydrogen-bond donors (Lipinski definition) is 1. The van der Waals surface area contributed by atoms with E-state index in [1.54, 1.807) is 23.6 Å². The lowest BCUT2D eigenvalue weighted by Crippen LogP contribution is -2.11. The number of rotatable bonds is 5. The number of thiazole rings is 1. The summed E-state index contributed by atoms with van der Waals surface area (Å²) in [5.74, 6) is 0.215. The van der Waals surface area contributed by atoms with E-state index in [0.29, 0.717) is 5.56 Å². The van der Waals surface area contributed by atoms with Gasteiger partial charge in [0.1, 0.15) is 10.8 Å². The third-order valence-corrected chi connectivity index (χ3v) is 9.09. The highest BCUT2D eigenvalue weighted by molar-refractivity contribution is 7.21. The molecule has 214 valence electrons. The zero-order valence-electron chi connectivity index (χ0n) is 25.0. The Morgan fingerprint density at radius 3 is 2.25 bits per heavy atom. The molecule has 4 heteroatoms. The molecule has 1 heterocycles. The maximum absolute atomic E-state index is 10.6. The Bertz CT molecular complexity index is 2170. The molecule has 0 atom stereocenters. The van der Waals surface area contributed by atoms with Gasteiger partial charge in [-0.15, -0.1) is 11.3 Å². The number of hydrogen-bond acceptors (Lipinski definition) is 4. The van der Waals surface area contributed by atoms with Crippen molar-refractivity contribution in [3.63, 3.8) is 0 Å². The lowest BCUT2D eigenvalue weighted by molar-refractivity contribution is 0.473. The van der Waals surface area contributed by atoms with Crippen LogP contribution in [0.15, 0.2) is 132 Å². The molecule has 0 aliphatic rings. The van der Waals surface area contributed by atoms with Crippen LogP contribution in [0.4, 0.5) is 5.69 Å². The summed E-state index contributed by atoms with van der Waals surface area (Å²) in [7, 11) is 0. The highest BCUT2D eigenvalue weighted by atomic mass is 32.1. The van der Waals surface area contributed by atoms with Gasteiger partial charge in [-0.3, -0.25) is 4.99 Å². The number of aromatic hydroxyl groups is 1. The molecule has 0 fully saturated rings. The standard InChI is InChI=1S/C40H32N2OS/c1-40(2,3)30-20-21-36(43)29(22-30)25-41-35-19-10-9-17-33(35)39-42-38-34(32-18-11-15-27-14-7-8-16-31(27)32)23-28(24-37(38)44-39)26-12-5-4-6-13-26/h4-25,43H,1-3H3. The lowest BCUT2D eigenvalue weighted by atomic mass is 9.86. The molecule has 1 N–H and O–H groups in total. The van der Waals surface area contributed by atoms with Crippen LogP contribution in [0.3, 0.4) is 0 Å². The van der Waals surface area contributed by atoms with E-state index >= 15 is 0 Å². The summed E-state index contributed by atoms with van der Waals surface area (Å²) in [6.45, 7) is 6.50. The maximum atomic E-state index is 10.6. The minimum absolute atomic E-state index is 0.0322. The summed E-state index contributed by atoms with van der Waals surface area (Å²) < 4.78 is 1.12. The van der Waals surface area contributed by atoms with Gasteiger partial charge in [-0.2, -0.15) is 0 Å². The van der Waals surface area contributed by atoms with Crippen molar-refractivity contribution in [3.05, 3.63) is 139 Å². The number of phenols is 1. The summed E-state index contributed by atoms with van der Waals surface area (Å²) in [6, 6.07) is 43.9. The van der Waals surface area contributed by atoms with Crippen LogP contribution in [0.25, 0.3) is 53.8 Å². The first-order valence-corrected chi connectivity index (χ1v) is 15.6. The minimum atomic E-state index is -0.0322. The van der Waals surface area contributed by atoms with E-state index in [1.807, 2.05) is 30.3 Å². The number of nitrogens with zero attached hydrogens (tertiary/aromatic N) is 2. The molecule has 0 unspecified atom stereocenters. The zero-order valence-corrected chi connectivity index (χ0v) is 25.8. The van der Waals surface area contributed by atoms with Crippen LogP contribution >= 0.6 is 11.3 Å². The average Bonchev–Trinajstić information content (AvgIpc) is 3.48. The maximum Gasteiger partial charge on any atom is 0.126 e. The SMILES string of the molecule is CC(C)(C)c1ccc(O)c(C=Nc2ccccc2-c2nc3c(-c4cccc5ccccc45)cc(-c4ccccc4)cc3s2)c1. The van der Waals surface area contributed by atoms with Gasteiger partial charge in [-0.05, 0) is 74.8 Å². The van der Waals surface area contributed by atoms with Gasteiger partial charge in [0.25, 0.3) is 0 Å². The van der Waals surface area contributed by atoms with Crippen LogP contribution in [0.1, 0.15) is 31.9 Å². The normalized spacial score (nSPS) is 12.0. The van der Waals surface area contributed by atoms with Crippen molar-refractivity contribution in [3.8, 4) is 38.6 Å². The smallest absolute Gasteiger partial charge is 0.126 e. The first kappa shape index (κ1) is 27.8. The van der Waals surface area contributed by atoms with Crippen LogP contribution in [0.2, 0.25) is 0 Å². The Labute approximate surface area is 261 Å². The fraction of sp³-hybridized carbons (Fsp3) is 0.100.